The average Bonchev–Trinajstić information content (AvgIpc) is 3.34. The van der Waals surface area contributed by atoms with Gasteiger partial charge in [-0.25, -0.2) is 4.39 Å². The van der Waals surface area contributed by atoms with Gasteiger partial charge in [-0.05, 0) is 68.5 Å². The predicted molar refractivity (Wildman–Crippen MR) is 113 cm³/mol. The molecule has 1 aliphatic rings. The first-order chi connectivity index (χ1) is 16.0. The van der Waals surface area contributed by atoms with Gasteiger partial charge >= 0.3 is 12.3 Å². The van der Waals surface area contributed by atoms with E-state index in [1.54, 1.807) is 6.92 Å². The Bertz CT molecular complexity index is 1240. The molecular weight excluding hydrogens is 458 g/mol. The molecule has 0 amide bonds. The number of alkyl halides is 3. The lowest BCUT2D eigenvalue weighted by Gasteiger charge is -2.12. The molecule has 1 heterocycles. The van der Waals surface area contributed by atoms with Gasteiger partial charge in [0.05, 0.1) is 11.9 Å². The van der Waals surface area contributed by atoms with E-state index in [1.807, 2.05) is 0 Å². The number of rotatable bonds is 5. The van der Waals surface area contributed by atoms with E-state index in [-0.39, 0.29) is 23.6 Å². The molecule has 10 heteroatoms. The molecule has 1 N–H and O–H groups in total. The zero-order chi connectivity index (χ0) is 24.6. The minimum absolute atomic E-state index is 0.0167. The van der Waals surface area contributed by atoms with Crippen molar-refractivity contribution >= 4 is 22.8 Å². The standard InChI is InChI=1S/C24H21F4NO5/c1-13-17(11-22(31)33-15-4-2-3-5-15)18-10-21(30)19(25)12-20(18)29(13)23(32)14-6-8-16(9-7-14)34-24(26,27)28/h6-10,12,15,30H,2-5,11H2,1H3. The van der Waals surface area contributed by atoms with Crippen LogP contribution in [0.2, 0.25) is 0 Å². The fraction of sp³-hybridized carbons (Fsp3) is 0.333. The van der Waals surface area contributed by atoms with Crippen LogP contribution >= 0.6 is 0 Å². The molecule has 34 heavy (non-hydrogen) atoms. The first kappa shape index (κ1) is 23.6. The van der Waals surface area contributed by atoms with Crippen LogP contribution in [0.4, 0.5) is 17.6 Å². The van der Waals surface area contributed by atoms with E-state index < -0.39 is 35.6 Å². The lowest BCUT2D eigenvalue weighted by atomic mass is 10.1. The van der Waals surface area contributed by atoms with E-state index in [2.05, 4.69) is 4.74 Å². The predicted octanol–water partition coefficient (Wildman–Crippen LogP) is 5.41. The minimum atomic E-state index is -4.87. The molecule has 1 saturated carbocycles. The highest BCUT2D eigenvalue weighted by atomic mass is 19.4. The summed E-state index contributed by atoms with van der Waals surface area (Å²) in [5, 5.41) is 10.2. The number of carbonyl (C=O) groups is 2. The Morgan fingerprint density at radius 3 is 2.38 bits per heavy atom. The Hall–Kier alpha value is -3.56. The summed E-state index contributed by atoms with van der Waals surface area (Å²) in [6.45, 7) is 1.56. The number of hydrogen-bond donors (Lipinski definition) is 1. The summed E-state index contributed by atoms with van der Waals surface area (Å²) in [4.78, 5) is 25.8. The molecule has 1 aromatic heterocycles. The van der Waals surface area contributed by atoms with Crippen molar-refractivity contribution in [1.29, 1.82) is 0 Å². The van der Waals surface area contributed by atoms with Crippen molar-refractivity contribution in [3.8, 4) is 11.5 Å². The second-order valence-corrected chi connectivity index (χ2v) is 8.17. The molecule has 1 aliphatic carbocycles. The first-order valence-electron chi connectivity index (χ1n) is 10.7. The Balaban J connectivity index is 1.70. The summed E-state index contributed by atoms with van der Waals surface area (Å²) >= 11 is 0. The minimum Gasteiger partial charge on any atom is -0.505 e. The molecule has 0 bridgehead atoms. The first-order valence-corrected chi connectivity index (χ1v) is 10.7. The number of carbonyl (C=O) groups excluding carboxylic acids is 2. The van der Waals surface area contributed by atoms with Gasteiger partial charge in [-0.15, -0.1) is 13.2 Å². The van der Waals surface area contributed by atoms with E-state index in [4.69, 9.17) is 4.74 Å². The molecule has 0 radical (unpaired) electrons. The van der Waals surface area contributed by atoms with Gasteiger partial charge < -0.3 is 14.6 Å². The maximum Gasteiger partial charge on any atom is 0.573 e. The fourth-order valence-corrected chi connectivity index (χ4v) is 4.28. The van der Waals surface area contributed by atoms with Gasteiger partial charge in [0.1, 0.15) is 11.9 Å². The number of aromatic nitrogens is 1. The highest BCUT2D eigenvalue weighted by molar-refractivity contribution is 6.05. The topological polar surface area (TPSA) is 77.8 Å². The number of phenols is 1. The molecule has 1 fully saturated rings. The van der Waals surface area contributed by atoms with Crippen LogP contribution in [0.25, 0.3) is 10.9 Å². The molecule has 0 atom stereocenters. The number of phenolic OH excluding ortho intramolecular Hbond substituents is 1. The lowest BCUT2D eigenvalue weighted by Crippen LogP contribution is -2.18. The second kappa shape index (κ2) is 9.00. The molecule has 0 unspecified atom stereocenters. The van der Waals surface area contributed by atoms with Crippen molar-refractivity contribution in [2.24, 2.45) is 0 Å². The van der Waals surface area contributed by atoms with Gasteiger partial charge in [0, 0.05) is 22.7 Å². The average molecular weight is 479 g/mol. The number of aromatic hydroxyl groups is 1. The summed E-state index contributed by atoms with van der Waals surface area (Å²) < 4.78 is 61.9. The Morgan fingerprint density at radius 2 is 1.76 bits per heavy atom. The van der Waals surface area contributed by atoms with E-state index in [0.29, 0.717) is 16.6 Å². The van der Waals surface area contributed by atoms with Crippen molar-refractivity contribution in [3.05, 3.63) is 59.0 Å². The van der Waals surface area contributed by atoms with Gasteiger partial charge in [0.2, 0.25) is 0 Å². The molecule has 0 aliphatic heterocycles. The third kappa shape index (κ3) is 4.85. The SMILES string of the molecule is Cc1c(CC(=O)OC2CCCC2)c2cc(O)c(F)cc2n1C(=O)c1ccc(OC(F)(F)F)cc1. The maximum absolute atomic E-state index is 14.2. The smallest absolute Gasteiger partial charge is 0.505 e. The monoisotopic (exact) mass is 479 g/mol. The van der Waals surface area contributed by atoms with Crippen LogP contribution in [0.15, 0.2) is 36.4 Å². The van der Waals surface area contributed by atoms with Gasteiger partial charge in [-0.1, -0.05) is 0 Å². The number of halogens is 4. The Kier molecular flexibility index (Phi) is 6.24. The summed E-state index contributed by atoms with van der Waals surface area (Å²) in [5.74, 6) is -3.26. The third-order valence-corrected chi connectivity index (χ3v) is 5.86. The molecule has 6 nitrogen and oxygen atoms in total. The molecule has 3 aromatic rings. The molecule has 0 saturated heterocycles. The molecule has 2 aromatic carbocycles. The third-order valence-electron chi connectivity index (χ3n) is 5.86. The van der Waals surface area contributed by atoms with Gasteiger partial charge in [0.15, 0.2) is 11.6 Å². The van der Waals surface area contributed by atoms with Crippen LogP contribution in [-0.2, 0) is 16.0 Å². The largest absolute Gasteiger partial charge is 0.573 e. The summed E-state index contributed by atoms with van der Waals surface area (Å²) in [7, 11) is 0. The van der Waals surface area contributed by atoms with Crippen LogP contribution < -0.4 is 4.74 Å². The Morgan fingerprint density at radius 1 is 1.12 bits per heavy atom. The van der Waals surface area contributed by atoms with Gasteiger partial charge in [-0.3, -0.25) is 14.2 Å². The number of nitrogens with zero attached hydrogens (tertiary/aromatic N) is 1. The highest BCUT2D eigenvalue weighted by Crippen LogP contribution is 2.33. The van der Waals surface area contributed by atoms with Gasteiger partial charge in [0.25, 0.3) is 5.91 Å². The van der Waals surface area contributed by atoms with Crippen molar-refractivity contribution < 1.29 is 41.7 Å². The zero-order valence-electron chi connectivity index (χ0n) is 18.1. The highest BCUT2D eigenvalue weighted by Gasteiger charge is 2.31. The summed E-state index contributed by atoms with van der Waals surface area (Å²) in [6.07, 6.45) is -1.71. The van der Waals surface area contributed by atoms with Gasteiger partial charge in [-0.2, -0.15) is 0 Å². The number of benzene rings is 2. The lowest BCUT2D eigenvalue weighted by molar-refractivity contribution is -0.274. The van der Waals surface area contributed by atoms with Crippen LogP contribution in [0.3, 0.4) is 0 Å². The summed E-state index contributed by atoms with van der Waals surface area (Å²) in [5.41, 5.74) is 0.836. The molecule has 180 valence electrons. The fourth-order valence-electron chi connectivity index (χ4n) is 4.28. The maximum atomic E-state index is 14.2. The number of ether oxygens (including phenoxy) is 2. The van der Waals surface area contributed by atoms with Crippen molar-refractivity contribution in [1.82, 2.24) is 4.57 Å². The molecule has 4 rings (SSSR count). The van der Waals surface area contributed by atoms with E-state index in [9.17, 15) is 32.3 Å². The van der Waals surface area contributed by atoms with Crippen LogP contribution in [0, 0.1) is 12.7 Å². The molecular formula is C24H21F4NO5. The number of esters is 1. The van der Waals surface area contributed by atoms with Crippen LogP contribution in [0.5, 0.6) is 11.5 Å². The van der Waals surface area contributed by atoms with Crippen molar-refractivity contribution in [3.63, 3.8) is 0 Å². The van der Waals surface area contributed by atoms with Crippen LogP contribution in [-0.4, -0.2) is 34.0 Å². The van der Waals surface area contributed by atoms with Crippen molar-refractivity contribution in [2.75, 3.05) is 0 Å². The second-order valence-electron chi connectivity index (χ2n) is 8.17. The van der Waals surface area contributed by atoms with E-state index in [1.165, 1.54) is 0 Å². The van der Waals surface area contributed by atoms with E-state index in [0.717, 1.165) is 66.6 Å². The van der Waals surface area contributed by atoms with Crippen LogP contribution in [0.1, 0.15) is 47.3 Å². The number of fused-ring (bicyclic) bond motifs is 1. The number of hydrogen-bond acceptors (Lipinski definition) is 5. The normalized spacial score (nSPS) is 14.5. The quantitative estimate of drug-likeness (QED) is 0.391. The van der Waals surface area contributed by atoms with Crippen molar-refractivity contribution in [2.45, 2.75) is 51.5 Å². The Labute approximate surface area is 191 Å². The van der Waals surface area contributed by atoms with E-state index >= 15 is 0 Å². The zero-order valence-corrected chi connectivity index (χ0v) is 18.1. The summed E-state index contributed by atoms with van der Waals surface area (Å²) in [6, 6.07) is 6.41. The molecule has 0 spiro atoms.